The lowest BCUT2D eigenvalue weighted by Crippen LogP contribution is -2.15. The molecule has 0 aliphatic rings. The molecule has 0 amide bonds. The number of hydrogen-bond acceptors (Lipinski definition) is 8. The summed E-state index contributed by atoms with van der Waals surface area (Å²) < 4.78 is 2.83. The summed E-state index contributed by atoms with van der Waals surface area (Å²) in [4.78, 5) is 38.5. The first kappa shape index (κ1) is 19.9. The minimum absolute atomic E-state index is 0.226. The summed E-state index contributed by atoms with van der Waals surface area (Å²) in [5.41, 5.74) is 1.17. The van der Waals surface area contributed by atoms with Crippen molar-refractivity contribution in [2.45, 2.75) is 24.3 Å². The SMILES string of the molecule is CCc1nn2c(=O)cc(CSc3nc(-c4ccccc4Cl)nc4cc(=O)[nH]n34)nc2s1. The first-order valence-corrected chi connectivity index (χ1v) is 11.5. The summed E-state index contributed by atoms with van der Waals surface area (Å²) in [7, 11) is 0. The zero-order valence-electron chi connectivity index (χ0n) is 16.1. The normalized spacial score (nSPS) is 11.5. The molecule has 1 aromatic carbocycles. The number of nitrogens with zero attached hydrogens (tertiary/aromatic N) is 6. The van der Waals surface area contributed by atoms with E-state index in [0.29, 0.717) is 43.6 Å². The minimum Gasteiger partial charge on any atom is -0.268 e. The quantitative estimate of drug-likeness (QED) is 0.392. The van der Waals surface area contributed by atoms with Gasteiger partial charge in [0, 0.05) is 23.4 Å². The van der Waals surface area contributed by atoms with Crippen molar-refractivity contribution in [3.8, 4) is 11.4 Å². The Hall–Kier alpha value is -3.02. The van der Waals surface area contributed by atoms with E-state index in [1.165, 1.54) is 44.3 Å². The number of rotatable bonds is 5. The van der Waals surface area contributed by atoms with Crippen LogP contribution in [0, 0.1) is 0 Å². The van der Waals surface area contributed by atoms with Crippen LogP contribution >= 0.6 is 34.7 Å². The van der Waals surface area contributed by atoms with Crippen molar-refractivity contribution in [1.82, 2.24) is 34.2 Å². The Labute approximate surface area is 187 Å². The molecule has 0 unspecified atom stereocenters. The average Bonchev–Trinajstić information content (AvgIpc) is 3.35. The summed E-state index contributed by atoms with van der Waals surface area (Å²) in [6.07, 6.45) is 0.738. The second kappa shape index (κ2) is 7.91. The summed E-state index contributed by atoms with van der Waals surface area (Å²) in [5, 5.41) is 8.82. The number of halogens is 1. The summed E-state index contributed by atoms with van der Waals surface area (Å²) in [6.45, 7) is 1.98. The molecule has 0 aliphatic carbocycles. The van der Waals surface area contributed by atoms with E-state index in [1.807, 2.05) is 25.1 Å². The van der Waals surface area contributed by atoms with Crippen molar-refractivity contribution in [1.29, 1.82) is 0 Å². The van der Waals surface area contributed by atoms with Crippen LogP contribution in [0.2, 0.25) is 5.02 Å². The van der Waals surface area contributed by atoms with Gasteiger partial charge >= 0.3 is 0 Å². The fourth-order valence-electron chi connectivity index (χ4n) is 2.99. The molecule has 0 fully saturated rings. The second-order valence-corrected chi connectivity index (χ2v) is 8.93. The monoisotopic (exact) mass is 471 g/mol. The van der Waals surface area contributed by atoms with E-state index in [4.69, 9.17) is 11.6 Å². The lowest BCUT2D eigenvalue weighted by Gasteiger charge is -2.08. The fourth-order valence-corrected chi connectivity index (χ4v) is 4.92. The van der Waals surface area contributed by atoms with Crippen molar-refractivity contribution < 1.29 is 0 Å². The van der Waals surface area contributed by atoms with Crippen molar-refractivity contribution in [2.24, 2.45) is 0 Å². The highest BCUT2D eigenvalue weighted by atomic mass is 35.5. The van der Waals surface area contributed by atoms with Gasteiger partial charge in [-0.2, -0.15) is 9.61 Å². The molecule has 4 aromatic heterocycles. The maximum atomic E-state index is 12.4. The molecule has 0 spiro atoms. The third-order valence-electron chi connectivity index (χ3n) is 4.43. The number of hydrogen-bond donors (Lipinski definition) is 1. The molecule has 1 N–H and O–H groups in total. The van der Waals surface area contributed by atoms with E-state index < -0.39 is 0 Å². The molecule has 12 heteroatoms. The molecule has 0 saturated heterocycles. The Morgan fingerprint density at radius 2 is 2.00 bits per heavy atom. The van der Waals surface area contributed by atoms with Gasteiger partial charge in [-0.15, -0.1) is 0 Å². The molecule has 156 valence electrons. The molecular weight excluding hydrogens is 458 g/mol. The molecule has 0 radical (unpaired) electrons. The molecule has 31 heavy (non-hydrogen) atoms. The number of nitrogens with one attached hydrogen (secondary N) is 1. The zero-order chi connectivity index (χ0) is 21.5. The van der Waals surface area contributed by atoms with Crippen LogP contribution in [-0.4, -0.2) is 34.2 Å². The summed E-state index contributed by atoms with van der Waals surface area (Å²) in [5.74, 6) is 0.782. The van der Waals surface area contributed by atoms with Crippen LogP contribution in [0.3, 0.4) is 0 Å². The number of benzene rings is 1. The highest BCUT2D eigenvalue weighted by Crippen LogP contribution is 2.28. The maximum absolute atomic E-state index is 12.4. The van der Waals surface area contributed by atoms with Gasteiger partial charge in [-0.1, -0.05) is 53.8 Å². The van der Waals surface area contributed by atoms with E-state index in [1.54, 1.807) is 6.07 Å². The number of aromatic nitrogens is 7. The standard InChI is InChI=1S/C19H14ClN7O2S2/c1-2-15-25-27-16(29)7-10(21-19(27)31-15)9-30-18-23-17(11-5-3-4-6-12(11)20)22-13-8-14(28)24-26(13)18/h3-8H,2,9H2,1H3,(H,24,28). The molecular formula is C19H14ClN7O2S2. The highest BCUT2D eigenvalue weighted by Gasteiger charge is 2.15. The first-order chi connectivity index (χ1) is 15.0. The molecule has 9 nitrogen and oxygen atoms in total. The van der Waals surface area contributed by atoms with E-state index in [-0.39, 0.29) is 11.1 Å². The smallest absolute Gasteiger partial charge is 0.268 e. The lowest BCUT2D eigenvalue weighted by atomic mass is 10.2. The third kappa shape index (κ3) is 3.75. The number of thioether (sulfide) groups is 1. The van der Waals surface area contributed by atoms with Gasteiger partial charge in [0.25, 0.3) is 11.1 Å². The largest absolute Gasteiger partial charge is 0.275 e. The number of H-pyrrole nitrogens is 1. The average molecular weight is 472 g/mol. The summed E-state index contributed by atoms with van der Waals surface area (Å²) in [6, 6.07) is 10.1. The third-order valence-corrected chi connectivity index (χ3v) is 6.79. The van der Waals surface area contributed by atoms with Gasteiger partial charge in [0.15, 0.2) is 16.6 Å². The Morgan fingerprint density at radius 3 is 2.81 bits per heavy atom. The Morgan fingerprint density at radius 1 is 1.16 bits per heavy atom. The van der Waals surface area contributed by atoms with Gasteiger partial charge in [-0.3, -0.25) is 14.7 Å². The van der Waals surface area contributed by atoms with Crippen LogP contribution < -0.4 is 11.1 Å². The van der Waals surface area contributed by atoms with Crippen LogP contribution in [0.4, 0.5) is 0 Å². The van der Waals surface area contributed by atoms with Crippen molar-refractivity contribution in [2.75, 3.05) is 0 Å². The Kier molecular flexibility index (Phi) is 5.08. The van der Waals surface area contributed by atoms with Crippen LogP contribution in [0.25, 0.3) is 22.0 Å². The molecule has 0 atom stereocenters. The summed E-state index contributed by atoms with van der Waals surface area (Å²) >= 11 is 9.04. The van der Waals surface area contributed by atoms with Gasteiger partial charge < -0.3 is 0 Å². The first-order valence-electron chi connectivity index (χ1n) is 9.28. The van der Waals surface area contributed by atoms with Gasteiger partial charge in [-0.05, 0) is 18.6 Å². The van der Waals surface area contributed by atoms with Crippen molar-refractivity contribution >= 4 is 45.3 Å². The number of aromatic amines is 1. The fraction of sp³-hybridized carbons (Fsp3) is 0.158. The van der Waals surface area contributed by atoms with Gasteiger partial charge in [0.2, 0.25) is 4.96 Å². The maximum Gasteiger partial charge on any atom is 0.275 e. The molecule has 0 saturated carbocycles. The van der Waals surface area contributed by atoms with Crippen LogP contribution in [0.15, 0.2) is 51.1 Å². The minimum atomic E-state index is -0.290. The van der Waals surface area contributed by atoms with E-state index in [0.717, 1.165) is 11.4 Å². The second-order valence-electron chi connectivity index (χ2n) is 6.54. The van der Waals surface area contributed by atoms with E-state index in [2.05, 4.69) is 25.1 Å². The molecule has 5 aromatic rings. The molecule has 5 rings (SSSR count). The Bertz CT molecular complexity index is 1550. The van der Waals surface area contributed by atoms with Crippen LogP contribution in [-0.2, 0) is 12.2 Å². The van der Waals surface area contributed by atoms with E-state index in [9.17, 15) is 9.59 Å². The number of fused-ring (bicyclic) bond motifs is 2. The van der Waals surface area contributed by atoms with Gasteiger partial charge in [0.1, 0.15) is 5.01 Å². The lowest BCUT2D eigenvalue weighted by molar-refractivity contribution is 0.766. The molecule has 0 bridgehead atoms. The van der Waals surface area contributed by atoms with E-state index >= 15 is 0 Å². The highest BCUT2D eigenvalue weighted by molar-refractivity contribution is 7.98. The van der Waals surface area contributed by atoms with Crippen LogP contribution in [0.1, 0.15) is 17.6 Å². The van der Waals surface area contributed by atoms with Gasteiger partial charge in [-0.25, -0.2) is 19.5 Å². The van der Waals surface area contributed by atoms with Crippen LogP contribution in [0.5, 0.6) is 0 Å². The van der Waals surface area contributed by atoms with Gasteiger partial charge in [0.05, 0.1) is 10.7 Å². The van der Waals surface area contributed by atoms with Crippen molar-refractivity contribution in [3.63, 3.8) is 0 Å². The predicted octanol–water partition coefficient (Wildman–Crippen LogP) is 3.06. The molecule has 4 heterocycles. The molecule has 0 aliphatic heterocycles. The topological polar surface area (TPSA) is 110 Å². The number of aryl methyl sites for hydroxylation is 1. The Balaban J connectivity index is 1.54. The zero-order valence-corrected chi connectivity index (χ0v) is 18.5. The van der Waals surface area contributed by atoms with Crippen molar-refractivity contribution in [3.05, 3.63) is 72.8 Å². The predicted molar refractivity (Wildman–Crippen MR) is 120 cm³/mol.